The van der Waals surface area contributed by atoms with E-state index in [1.165, 1.54) is 5.01 Å². The number of amides is 4. The molecule has 1 fully saturated rings. The third-order valence-corrected chi connectivity index (χ3v) is 6.00. The van der Waals surface area contributed by atoms with Crippen molar-refractivity contribution in [1.82, 2.24) is 20.7 Å². The van der Waals surface area contributed by atoms with Gasteiger partial charge in [-0.3, -0.25) is 19.9 Å². The number of carbonyl (C=O) groups is 3. The summed E-state index contributed by atoms with van der Waals surface area (Å²) in [7, 11) is 1.59. The second-order valence-corrected chi connectivity index (χ2v) is 8.05. The summed E-state index contributed by atoms with van der Waals surface area (Å²) in [4.78, 5) is 39.4. The summed E-state index contributed by atoms with van der Waals surface area (Å²) in [5, 5.41) is 4.15. The van der Waals surface area contributed by atoms with Crippen LogP contribution in [0.5, 0.6) is 5.75 Å². The molecule has 4 rings (SSSR count). The number of nitrogens with zero attached hydrogens (tertiary/aromatic N) is 2. The van der Waals surface area contributed by atoms with Crippen LogP contribution in [0.2, 0.25) is 0 Å². The standard InChI is InChI=1S/C24H26N4O4/c1-4-24(2)22(30)27(23(31)25-24)15-21(29)28-20(17-10-12-18(32-3)13-11-17)14-19(26-28)16-8-6-5-7-9-16/h5-14,20,26H,4,15H2,1-3H3,(H,25,31)/t20-,24-/m0/s1. The van der Waals surface area contributed by atoms with Gasteiger partial charge in [0.2, 0.25) is 0 Å². The smallest absolute Gasteiger partial charge is 0.325 e. The highest BCUT2D eigenvalue weighted by Crippen LogP contribution is 2.32. The van der Waals surface area contributed by atoms with E-state index < -0.39 is 29.4 Å². The van der Waals surface area contributed by atoms with Gasteiger partial charge in [-0.1, -0.05) is 49.4 Å². The largest absolute Gasteiger partial charge is 0.497 e. The maximum Gasteiger partial charge on any atom is 0.325 e. The lowest BCUT2D eigenvalue weighted by atomic mass is 9.99. The average molecular weight is 434 g/mol. The molecule has 8 heteroatoms. The lowest BCUT2D eigenvalue weighted by Crippen LogP contribution is -2.48. The molecular formula is C24H26N4O4. The Balaban J connectivity index is 1.61. The summed E-state index contributed by atoms with van der Waals surface area (Å²) in [6.45, 7) is 3.14. The first-order valence-corrected chi connectivity index (χ1v) is 10.5. The zero-order chi connectivity index (χ0) is 22.9. The van der Waals surface area contributed by atoms with E-state index in [4.69, 9.17) is 4.74 Å². The number of hydrogen-bond donors (Lipinski definition) is 2. The molecule has 0 saturated carbocycles. The maximum atomic E-state index is 13.3. The fraction of sp³-hybridized carbons (Fsp3) is 0.292. The molecule has 4 amide bonds. The van der Waals surface area contributed by atoms with Crippen LogP contribution in [0.4, 0.5) is 4.79 Å². The van der Waals surface area contributed by atoms with E-state index >= 15 is 0 Å². The van der Waals surface area contributed by atoms with Crippen LogP contribution in [0, 0.1) is 0 Å². The second kappa shape index (κ2) is 8.37. The molecule has 2 N–H and O–H groups in total. The first-order valence-electron chi connectivity index (χ1n) is 10.5. The van der Waals surface area contributed by atoms with Crippen molar-refractivity contribution >= 4 is 23.5 Å². The zero-order valence-corrected chi connectivity index (χ0v) is 18.3. The molecule has 2 aromatic carbocycles. The SMILES string of the molecule is CC[C@]1(C)NC(=O)N(CC(=O)N2NC(c3ccccc3)=C[C@H]2c2ccc(OC)cc2)C1=O. The summed E-state index contributed by atoms with van der Waals surface area (Å²) in [6, 6.07) is 16.1. The molecule has 0 spiro atoms. The molecule has 2 heterocycles. The van der Waals surface area contributed by atoms with Crippen LogP contribution in [-0.2, 0) is 9.59 Å². The molecular weight excluding hydrogens is 408 g/mol. The Hall–Kier alpha value is -3.81. The summed E-state index contributed by atoms with van der Waals surface area (Å²) >= 11 is 0. The van der Waals surface area contributed by atoms with Crippen molar-refractivity contribution in [2.75, 3.05) is 13.7 Å². The number of carbonyl (C=O) groups excluding carboxylic acids is 3. The van der Waals surface area contributed by atoms with Gasteiger partial charge in [0.05, 0.1) is 18.8 Å². The van der Waals surface area contributed by atoms with Gasteiger partial charge in [0.15, 0.2) is 0 Å². The van der Waals surface area contributed by atoms with Crippen molar-refractivity contribution in [3.05, 3.63) is 71.8 Å². The highest BCUT2D eigenvalue weighted by Gasteiger charge is 2.47. The van der Waals surface area contributed by atoms with Crippen molar-refractivity contribution < 1.29 is 19.1 Å². The molecule has 0 unspecified atom stereocenters. The van der Waals surface area contributed by atoms with E-state index in [2.05, 4.69) is 10.7 Å². The Labute approximate surface area is 186 Å². The summed E-state index contributed by atoms with van der Waals surface area (Å²) in [5.74, 6) is -0.0744. The van der Waals surface area contributed by atoms with Crippen LogP contribution in [0.1, 0.15) is 37.4 Å². The summed E-state index contributed by atoms with van der Waals surface area (Å²) in [6.07, 6.45) is 2.40. The summed E-state index contributed by atoms with van der Waals surface area (Å²) in [5.41, 5.74) is 4.75. The molecule has 32 heavy (non-hydrogen) atoms. The van der Waals surface area contributed by atoms with Crippen LogP contribution in [-0.4, -0.2) is 46.9 Å². The number of imide groups is 1. The van der Waals surface area contributed by atoms with E-state index in [0.29, 0.717) is 12.2 Å². The minimum absolute atomic E-state index is 0.351. The van der Waals surface area contributed by atoms with Gasteiger partial charge in [-0.05, 0) is 42.7 Å². The Morgan fingerprint density at radius 3 is 2.38 bits per heavy atom. The van der Waals surface area contributed by atoms with Crippen molar-refractivity contribution in [1.29, 1.82) is 0 Å². The van der Waals surface area contributed by atoms with E-state index in [1.54, 1.807) is 14.0 Å². The third-order valence-electron chi connectivity index (χ3n) is 6.00. The number of ether oxygens (including phenoxy) is 1. The molecule has 2 aliphatic heterocycles. The quantitative estimate of drug-likeness (QED) is 0.683. The molecule has 2 aromatic rings. The van der Waals surface area contributed by atoms with Gasteiger partial charge in [0.25, 0.3) is 11.8 Å². The van der Waals surface area contributed by atoms with Crippen LogP contribution >= 0.6 is 0 Å². The van der Waals surface area contributed by atoms with Gasteiger partial charge in [0, 0.05) is 0 Å². The molecule has 0 aliphatic carbocycles. The van der Waals surface area contributed by atoms with Crippen molar-refractivity contribution in [2.45, 2.75) is 31.8 Å². The normalized spacial score (nSPS) is 22.5. The topological polar surface area (TPSA) is 91.0 Å². The Bertz CT molecular complexity index is 1070. The molecule has 0 radical (unpaired) electrons. The van der Waals surface area contributed by atoms with Crippen LogP contribution < -0.4 is 15.5 Å². The predicted octanol–water partition coefficient (Wildman–Crippen LogP) is 2.84. The number of hydrogen-bond acceptors (Lipinski definition) is 5. The second-order valence-electron chi connectivity index (χ2n) is 8.05. The summed E-state index contributed by atoms with van der Waals surface area (Å²) < 4.78 is 5.24. The van der Waals surface area contributed by atoms with E-state index in [0.717, 1.165) is 21.7 Å². The van der Waals surface area contributed by atoms with Gasteiger partial charge >= 0.3 is 6.03 Å². The van der Waals surface area contributed by atoms with E-state index in [9.17, 15) is 14.4 Å². The fourth-order valence-corrected chi connectivity index (χ4v) is 3.85. The fourth-order valence-electron chi connectivity index (χ4n) is 3.85. The first-order chi connectivity index (χ1) is 15.4. The van der Waals surface area contributed by atoms with Crippen LogP contribution in [0.15, 0.2) is 60.7 Å². The third kappa shape index (κ3) is 3.79. The zero-order valence-electron chi connectivity index (χ0n) is 18.3. The lowest BCUT2D eigenvalue weighted by Gasteiger charge is -2.27. The first kappa shape index (κ1) is 21.4. The average Bonchev–Trinajstić information content (AvgIpc) is 3.36. The molecule has 8 nitrogen and oxygen atoms in total. The molecule has 166 valence electrons. The van der Waals surface area contributed by atoms with Gasteiger partial charge < -0.3 is 10.1 Å². The Morgan fingerprint density at radius 1 is 1.09 bits per heavy atom. The number of methoxy groups -OCH3 is 1. The minimum atomic E-state index is -0.987. The Morgan fingerprint density at radius 2 is 1.78 bits per heavy atom. The number of nitrogens with one attached hydrogen (secondary N) is 2. The number of benzene rings is 2. The highest BCUT2D eigenvalue weighted by molar-refractivity contribution is 6.08. The monoisotopic (exact) mass is 434 g/mol. The molecule has 2 aliphatic rings. The predicted molar refractivity (Wildman–Crippen MR) is 119 cm³/mol. The van der Waals surface area contributed by atoms with Gasteiger partial charge in [-0.25, -0.2) is 9.80 Å². The molecule has 1 saturated heterocycles. The van der Waals surface area contributed by atoms with Crippen LogP contribution in [0.3, 0.4) is 0 Å². The minimum Gasteiger partial charge on any atom is -0.497 e. The number of rotatable bonds is 6. The van der Waals surface area contributed by atoms with E-state index in [-0.39, 0.29) is 6.54 Å². The highest BCUT2D eigenvalue weighted by atomic mass is 16.5. The van der Waals surface area contributed by atoms with Crippen molar-refractivity contribution in [3.8, 4) is 5.75 Å². The van der Waals surface area contributed by atoms with Crippen molar-refractivity contribution in [3.63, 3.8) is 0 Å². The van der Waals surface area contributed by atoms with Crippen LogP contribution in [0.25, 0.3) is 5.70 Å². The number of urea groups is 1. The molecule has 0 aromatic heterocycles. The van der Waals surface area contributed by atoms with E-state index in [1.807, 2.05) is 67.6 Å². The van der Waals surface area contributed by atoms with Gasteiger partial charge in [-0.15, -0.1) is 0 Å². The number of hydrazine groups is 1. The molecule has 2 atom stereocenters. The van der Waals surface area contributed by atoms with Gasteiger partial charge in [-0.2, -0.15) is 0 Å². The maximum absolute atomic E-state index is 13.3. The molecule has 0 bridgehead atoms. The van der Waals surface area contributed by atoms with Crippen molar-refractivity contribution in [2.24, 2.45) is 0 Å². The van der Waals surface area contributed by atoms with Gasteiger partial charge in [0.1, 0.15) is 17.8 Å². The Kier molecular flexibility index (Phi) is 5.61. The lowest BCUT2D eigenvalue weighted by molar-refractivity contribution is -0.140.